The molecule has 1 aromatic rings. The molecule has 24 heavy (non-hydrogen) atoms. The van der Waals surface area contributed by atoms with Gasteiger partial charge in [0, 0.05) is 25.9 Å². The first-order valence-corrected chi connectivity index (χ1v) is 9.99. The summed E-state index contributed by atoms with van der Waals surface area (Å²) in [6.07, 6.45) is 4.67. The van der Waals surface area contributed by atoms with Gasteiger partial charge in [-0.2, -0.15) is 11.8 Å². The minimum atomic E-state index is 0.335. The molecule has 5 nitrogen and oxygen atoms in total. The molecule has 1 aromatic carbocycles. The molecule has 1 aliphatic heterocycles. The molecule has 0 saturated carbocycles. The molecule has 0 bridgehead atoms. The number of ether oxygens (including phenoxy) is 1. The Kier molecular flexibility index (Phi) is 8.25. The molecule has 0 radical (unpaired) electrons. The first kappa shape index (κ1) is 18.9. The second kappa shape index (κ2) is 10.5. The number of rotatable bonds is 8. The highest BCUT2D eigenvalue weighted by atomic mass is 32.2. The van der Waals surface area contributed by atoms with Crippen molar-refractivity contribution in [2.45, 2.75) is 18.9 Å². The van der Waals surface area contributed by atoms with Crippen molar-refractivity contribution in [2.75, 3.05) is 52.3 Å². The number of guanidine groups is 1. The van der Waals surface area contributed by atoms with Crippen LogP contribution in [0.25, 0.3) is 0 Å². The van der Waals surface area contributed by atoms with Gasteiger partial charge in [-0.3, -0.25) is 9.89 Å². The summed E-state index contributed by atoms with van der Waals surface area (Å²) in [4.78, 5) is 6.88. The van der Waals surface area contributed by atoms with Gasteiger partial charge in [-0.15, -0.1) is 0 Å². The van der Waals surface area contributed by atoms with Crippen LogP contribution in [0.15, 0.2) is 29.3 Å². The zero-order valence-corrected chi connectivity index (χ0v) is 15.9. The van der Waals surface area contributed by atoms with Gasteiger partial charge >= 0.3 is 0 Å². The summed E-state index contributed by atoms with van der Waals surface area (Å²) in [6.45, 7) is 4.07. The summed E-state index contributed by atoms with van der Waals surface area (Å²) < 4.78 is 5.40. The Labute approximate surface area is 150 Å². The minimum Gasteiger partial charge on any atom is -0.497 e. The molecular formula is C18H30N4OS. The summed E-state index contributed by atoms with van der Waals surface area (Å²) in [5.74, 6) is 2.86. The molecule has 1 aliphatic rings. The van der Waals surface area contributed by atoms with Gasteiger partial charge in [0.05, 0.1) is 13.2 Å². The largest absolute Gasteiger partial charge is 0.497 e. The van der Waals surface area contributed by atoms with Crippen LogP contribution in [0.2, 0.25) is 0 Å². The van der Waals surface area contributed by atoms with Crippen molar-refractivity contribution in [1.82, 2.24) is 15.5 Å². The van der Waals surface area contributed by atoms with Crippen molar-refractivity contribution in [1.29, 1.82) is 0 Å². The monoisotopic (exact) mass is 350 g/mol. The molecule has 0 aliphatic carbocycles. The molecule has 0 aromatic heterocycles. The van der Waals surface area contributed by atoms with E-state index in [0.29, 0.717) is 6.04 Å². The molecule has 2 N–H and O–H groups in total. The topological polar surface area (TPSA) is 48.9 Å². The lowest BCUT2D eigenvalue weighted by atomic mass is 10.1. The van der Waals surface area contributed by atoms with Crippen molar-refractivity contribution in [3.63, 3.8) is 0 Å². The number of hydrogen-bond acceptors (Lipinski definition) is 4. The van der Waals surface area contributed by atoms with Crippen LogP contribution in [0.1, 0.15) is 24.4 Å². The van der Waals surface area contributed by atoms with Gasteiger partial charge < -0.3 is 15.4 Å². The molecule has 134 valence electrons. The number of thioether (sulfide) groups is 1. The summed E-state index contributed by atoms with van der Waals surface area (Å²) in [5.41, 5.74) is 1.29. The Morgan fingerprint density at radius 1 is 1.33 bits per heavy atom. The average Bonchev–Trinajstić information content (AvgIpc) is 3.15. The van der Waals surface area contributed by atoms with E-state index >= 15 is 0 Å². The van der Waals surface area contributed by atoms with Gasteiger partial charge in [0.15, 0.2) is 5.96 Å². The van der Waals surface area contributed by atoms with Crippen molar-refractivity contribution in [3.05, 3.63) is 29.8 Å². The maximum absolute atomic E-state index is 5.40. The van der Waals surface area contributed by atoms with E-state index < -0.39 is 0 Å². The van der Waals surface area contributed by atoms with Gasteiger partial charge in [0.2, 0.25) is 0 Å². The second-order valence-corrected chi connectivity index (χ2v) is 6.89. The van der Waals surface area contributed by atoms with E-state index in [0.717, 1.165) is 43.6 Å². The van der Waals surface area contributed by atoms with E-state index in [9.17, 15) is 0 Å². The molecular weight excluding hydrogens is 320 g/mol. The first-order valence-electron chi connectivity index (χ1n) is 8.60. The van der Waals surface area contributed by atoms with E-state index in [2.05, 4.69) is 45.0 Å². The van der Waals surface area contributed by atoms with Gasteiger partial charge in [0.25, 0.3) is 0 Å². The molecule has 1 atom stereocenters. The summed E-state index contributed by atoms with van der Waals surface area (Å²) in [6, 6.07) is 8.75. The lowest BCUT2D eigenvalue weighted by Gasteiger charge is -2.29. The van der Waals surface area contributed by atoms with Crippen LogP contribution in [0.3, 0.4) is 0 Å². The third-order valence-electron chi connectivity index (χ3n) is 4.35. The standard InChI is InChI=1S/C18H30N4OS/c1-19-18(20-9-12-24-3)21-14-17(22-10-4-5-11-22)15-7-6-8-16(13-15)23-2/h6-8,13,17H,4-5,9-12,14H2,1-3H3,(H2,19,20,21). The van der Waals surface area contributed by atoms with Crippen LogP contribution in [0, 0.1) is 0 Å². The number of hydrogen-bond donors (Lipinski definition) is 2. The zero-order valence-electron chi connectivity index (χ0n) is 15.0. The Bertz CT molecular complexity index is 517. The predicted molar refractivity (Wildman–Crippen MR) is 104 cm³/mol. The van der Waals surface area contributed by atoms with Crippen LogP contribution >= 0.6 is 11.8 Å². The van der Waals surface area contributed by atoms with Gasteiger partial charge in [-0.25, -0.2) is 0 Å². The molecule has 0 amide bonds. The number of aliphatic imine (C=N–C) groups is 1. The lowest BCUT2D eigenvalue weighted by Crippen LogP contribution is -2.43. The van der Waals surface area contributed by atoms with Gasteiger partial charge in [-0.1, -0.05) is 12.1 Å². The number of nitrogens with zero attached hydrogens (tertiary/aromatic N) is 2. The molecule has 0 spiro atoms. The Morgan fingerprint density at radius 2 is 2.12 bits per heavy atom. The second-order valence-electron chi connectivity index (χ2n) is 5.91. The SMILES string of the molecule is CN=C(NCCSC)NCC(c1cccc(OC)c1)N1CCCC1. The summed E-state index contributed by atoms with van der Waals surface area (Å²) in [7, 11) is 3.55. The number of nitrogens with one attached hydrogen (secondary N) is 2. The van der Waals surface area contributed by atoms with E-state index in [4.69, 9.17) is 4.74 Å². The number of benzene rings is 1. The smallest absolute Gasteiger partial charge is 0.191 e. The highest BCUT2D eigenvalue weighted by Crippen LogP contribution is 2.27. The van der Waals surface area contributed by atoms with Crippen LogP contribution < -0.4 is 15.4 Å². The van der Waals surface area contributed by atoms with Crippen LogP contribution in [0.4, 0.5) is 0 Å². The van der Waals surface area contributed by atoms with Crippen LogP contribution in [-0.2, 0) is 0 Å². The zero-order chi connectivity index (χ0) is 17.2. The molecule has 1 saturated heterocycles. The lowest BCUT2D eigenvalue weighted by molar-refractivity contribution is 0.245. The minimum absolute atomic E-state index is 0.335. The predicted octanol–water partition coefficient (Wildman–Crippen LogP) is 2.36. The van der Waals surface area contributed by atoms with E-state index in [1.807, 2.05) is 24.9 Å². The van der Waals surface area contributed by atoms with Crippen molar-refractivity contribution >= 4 is 17.7 Å². The molecule has 1 fully saturated rings. The normalized spacial score (nSPS) is 16.9. The average molecular weight is 351 g/mol. The highest BCUT2D eigenvalue weighted by Gasteiger charge is 2.24. The van der Waals surface area contributed by atoms with Gasteiger partial charge in [0.1, 0.15) is 5.75 Å². The maximum atomic E-state index is 5.40. The third-order valence-corrected chi connectivity index (χ3v) is 4.96. The molecule has 2 rings (SSSR count). The fourth-order valence-electron chi connectivity index (χ4n) is 3.05. The highest BCUT2D eigenvalue weighted by molar-refractivity contribution is 7.98. The van der Waals surface area contributed by atoms with E-state index in [1.54, 1.807) is 7.11 Å². The van der Waals surface area contributed by atoms with Crippen molar-refractivity contribution in [3.8, 4) is 5.75 Å². The molecule has 6 heteroatoms. The Hall–Kier alpha value is -1.40. The number of methoxy groups -OCH3 is 1. The Balaban J connectivity index is 2.03. The summed E-state index contributed by atoms with van der Waals surface area (Å²) in [5, 5.41) is 6.85. The maximum Gasteiger partial charge on any atom is 0.191 e. The molecule has 1 unspecified atom stereocenters. The third kappa shape index (κ3) is 5.60. The fourth-order valence-corrected chi connectivity index (χ4v) is 3.35. The van der Waals surface area contributed by atoms with E-state index in [1.165, 1.54) is 18.4 Å². The van der Waals surface area contributed by atoms with Crippen LogP contribution in [0.5, 0.6) is 5.75 Å². The quantitative estimate of drug-likeness (QED) is 0.428. The van der Waals surface area contributed by atoms with E-state index in [-0.39, 0.29) is 0 Å². The number of likely N-dealkylation sites (tertiary alicyclic amines) is 1. The van der Waals surface area contributed by atoms with Crippen molar-refractivity contribution < 1.29 is 4.74 Å². The molecule has 1 heterocycles. The van der Waals surface area contributed by atoms with Crippen LogP contribution in [-0.4, -0.2) is 63.2 Å². The first-order chi connectivity index (χ1) is 11.8. The van der Waals surface area contributed by atoms with Crippen molar-refractivity contribution in [2.24, 2.45) is 4.99 Å². The fraction of sp³-hybridized carbons (Fsp3) is 0.611. The van der Waals surface area contributed by atoms with Gasteiger partial charge in [-0.05, 0) is 49.9 Å². The Morgan fingerprint density at radius 3 is 2.79 bits per heavy atom. The summed E-state index contributed by atoms with van der Waals surface area (Å²) >= 11 is 1.83.